The number of aliphatic imine (C=N–C) groups is 1. The number of amides is 1. The molecule has 2 heterocycles. The van der Waals surface area contributed by atoms with Crippen LogP contribution in [0.3, 0.4) is 0 Å². The third kappa shape index (κ3) is 9.11. The lowest BCUT2D eigenvalue weighted by Crippen LogP contribution is -2.34. The van der Waals surface area contributed by atoms with Gasteiger partial charge in [0.05, 0.1) is 17.1 Å². The molecule has 0 aliphatic carbocycles. The summed E-state index contributed by atoms with van der Waals surface area (Å²) in [6, 6.07) is 19.1. The van der Waals surface area contributed by atoms with E-state index in [1.54, 1.807) is 4.90 Å². The molecule has 1 aliphatic rings. The molecule has 14 heteroatoms. The van der Waals surface area contributed by atoms with Gasteiger partial charge in [-0.1, -0.05) is 71.9 Å². The van der Waals surface area contributed by atoms with Crippen molar-refractivity contribution in [2.75, 3.05) is 10.7 Å². The predicted molar refractivity (Wildman–Crippen MR) is 193 cm³/mol. The van der Waals surface area contributed by atoms with Gasteiger partial charge in [0, 0.05) is 11.6 Å². The number of rotatable bonds is 9. The zero-order valence-corrected chi connectivity index (χ0v) is 29.7. The van der Waals surface area contributed by atoms with Crippen LogP contribution in [0.25, 0.3) is 23.2 Å². The Labute approximate surface area is 294 Å². The van der Waals surface area contributed by atoms with Gasteiger partial charge in [-0.05, 0) is 102 Å². The number of nitrogens with zero attached hydrogens (tertiary/aromatic N) is 5. The van der Waals surface area contributed by atoms with Crippen molar-refractivity contribution >= 4 is 67.9 Å². The Morgan fingerprint density at radius 1 is 1.15 bits per heavy atom. The van der Waals surface area contributed by atoms with E-state index in [0.29, 0.717) is 34.0 Å². The first-order chi connectivity index (χ1) is 22.8. The van der Waals surface area contributed by atoms with Gasteiger partial charge in [-0.3, -0.25) is 9.69 Å². The third-order valence-corrected chi connectivity index (χ3v) is 8.86. The second kappa shape index (κ2) is 15.0. The molecule has 0 radical (unpaired) electrons. The maximum Gasteiger partial charge on any atom is 0.573 e. The predicted octanol–water partition coefficient (Wildman–Crippen LogP) is 8.79. The zero-order valence-electron chi connectivity index (χ0n) is 26.5. The SMILES string of the molecule is Cc1ccc(C(C)C)c(N2C(=O)CS/C2=N\C(=S)NC(C)C/C(Br)=C\c2cccc(-c3ncn(-c4ccc(OC(F)(F)F)cc4)n3)c2)c1. The van der Waals surface area contributed by atoms with Gasteiger partial charge < -0.3 is 10.1 Å². The smallest absolute Gasteiger partial charge is 0.406 e. The molecule has 250 valence electrons. The Morgan fingerprint density at radius 3 is 2.60 bits per heavy atom. The minimum absolute atomic E-state index is 0.0226. The summed E-state index contributed by atoms with van der Waals surface area (Å²) in [6.07, 6.45) is -0.657. The van der Waals surface area contributed by atoms with Gasteiger partial charge in [0.1, 0.15) is 12.1 Å². The molecule has 1 aliphatic heterocycles. The van der Waals surface area contributed by atoms with E-state index >= 15 is 0 Å². The fraction of sp³-hybridized carbons (Fsp3) is 0.265. The molecule has 1 N–H and O–H groups in total. The Hall–Kier alpha value is -4.01. The number of thioether (sulfide) groups is 1. The average molecular weight is 758 g/mol. The summed E-state index contributed by atoms with van der Waals surface area (Å²) in [5.74, 6) is 0.663. The fourth-order valence-corrected chi connectivity index (χ4v) is 6.98. The van der Waals surface area contributed by atoms with Crippen molar-refractivity contribution in [3.63, 3.8) is 0 Å². The zero-order chi connectivity index (χ0) is 34.6. The maximum absolute atomic E-state index is 12.9. The van der Waals surface area contributed by atoms with Gasteiger partial charge in [-0.25, -0.2) is 9.67 Å². The largest absolute Gasteiger partial charge is 0.573 e. The van der Waals surface area contributed by atoms with Crippen LogP contribution in [0.15, 0.2) is 82.5 Å². The van der Waals surface area contributed by atoms with E-state index in [4.69, 9.17) is 12.2 Å². The van der Waals surface area contributed by atoms with Crippen molar-refractivity contribution in [1.29, 1.82) is 0 Å². The number of amidine groups is 1. The van der Waals surface area contributed by atoms with Crippen LogP contribution >= 0.6 is 39.9 Å². The molecule has 1 aromatic heterocycles. The summed E-state index contributed by atoms with van der Waals surface area (Å²) in [5.41, 5.74) is 5.20. The Morgan fingerprint density at radius 2 is 1.90 bits per heavy atom. The molecular weight excluding hydrogens is 725 g/mol. The molecule has 4 aromatic rings. The van der Waals surface area contributed by atoms with Crippen molar-refractivity contribution in [3.05, 3.63) is 94.2 Å². The molecule has 0 bridgehead atoms. The number of carbonyl (C=O) groups is 1. The number of anilines is 1. The van der Waals surface area contributed by atoms with Crippen molar-refractivity contribution in [3.8, 4) is 22.8 Å². The van der Waals surface area contributed by atoms with Gasteiger partial charge in [0.2, 0.25) is 5.91 Å². The molecule has 1 saturated heterocycles. The number of alkyl halides is 3. The van der Waals surface area contributed by atoms with Crippen LogP contribution in [-0.4, -0.2) is 49.1 Å². The van der Waals surface area contributed by atoms with Crippen LogP contribution in [0.4, 0.5) is 18.9 Å². The maximum atomic E-state index is 12.9. The van der Waals surface area contributed by atoms with Crippen LogP contribution in [0.5, 0.6) is 5.75 Å². The fourth-order valence-electron chi connectivity index (χ4n) is 5.02. The van der Waals surface area contributed by atoms with E-state index < -0.39 is 6.36 Å². The topological polar surface area (TPSA) is 84.6 Å². The van der Waals surface area contributed by atoms with Gasteiger partial charge >= 0.3 is 6.36 Å². The molecule has 3 aromatic carbocycles. The van der Waals surface area contributed by atoms with Crippen molar-refractivity contribution in [1.82, 2.24) is 20.1 Å². The first-order valence-corrected chi connectivity index (χ1v) is 17.1. The summed E-state index contributed by atoms with van der Waals surface area (Å²) in [7, 11) is 0. The number of carbonyl (C=O) groups excluding carboxylic acids is 1. The molecule has 5 rings (SSSR count). The van der Waals surface area contributed by atoms with Crippen molar-refractivity contribution < 1.29 is 22.7 Å². The standard InChI is InChI=1S/C34H32BrF3N6O2S2/c1-20(2)28-13-8-21(3)14-29(28)44-30(45)18-48-33(44)41-32(47)40-22(4)15-25(35)17-23-6-5-7-24(16-23)31-39-19-43(42-31)26-9-11-27(12-10-26)46-34(36,37)38/h5-14,16-17,19-20,22H,15,18H2,1-4H3,(H,40,47)/b25-17+,41-33-. The van der Waals surface area contributed by atoms with Gasteiger partial charge in [0.15, 0.2) is 16.1 Å². The summed E-state index contributed by atoms with van der Waals surface area (Å²) in [5, 5.41) is 8.62. The van der Waals surface area contributed by atoms with Gasteiger partial charge in [0.25, 0.3) is 0 Å². The number of nitrogens with one attached hydrogen (secondary N) is 1. The number of ether oxygens (including phenoxy) is 1. The summed E-state index contributed by atoms with van der Waals surface area (Å²) >= 11 is 10.6. The Bertz CT molecular complexity index is 1880. The average Bonchev–Trinajstić information content (AvgIpc) is 3.63. The molecule has 0 saturated carbocycles. The normalized spacial score (nSPS) is 15.4. The minimum atomic E-state index is -4.76. The quantitative estimate of drug-likeness (QED) is 0.171. The molecular formula is C34H32BrF3N6O2S2. The first kappa shape index (κ1) is 35.3. The molecule has 1 amide bonds. The Kier molecular flexibility index (Phi) is 11.1. The van der Waals surface area contributed by atoms with E-state index in [9.17, 15) is 18.0 Å². The Balaban J connectivity index is 1.22. The molecule has 1 fully saturated rings. The van der Waals surface area contributed by atoms with Crippen LogP contribution in [0, 0.1) is 6.92 Å². The number of hydrogen-bond donors (Lipinski definition) is 1. The van der Waals surface area contributed by atoms with Crippen LogP contribution in [0.2, 0.25) is 0 Å². The molecule has 48 heavy (non-hydrogen) atoms. The van der Waals surface area contributed by atoms with E-state index in [2.05, 4.69) is 67.0 Å². The summed E-state index contributed by atoms with van der Waals surface area (Å²) in [4.78, 5) is 23.6. The minimum Gasteiger partial charge on any atom is -0.406 e. The number of aryl methyl sites for hydroxylation is 1. The summed E-state index contributed by atoms with van der Waals surface area (Å²) in [6.45, 7) is 8.21. The van der Waals surface area contributed by atoms with E-state index in [1.165, 1.54) is 47.0 Å². The van der Waals surface area contributed by atoms with E-state index in [0.717, 1.165) is 32.4 Å². The van der Waals surface area contributed by atoms with Gasteiger partial charge in [-0.2, -0.15) is 4.99 Å². The number of aromatic nitrogens is 3. The molecule has 0 spiro atoms. The lowest BCUT2D eigenvalue weighted by molar-refractivity contribution is -0.274. The second-order valence-electron chi connectivity index (χ2n) is 11.5. The number of halogens is 4. The second-order valence-corrected chi connectivity index (χ2v) is 13.8. The third-order valence-electron chi connectivity index (χ3n) is 7.18. The van der Waals surface area contributed by atoms with Crippen LogP contribution in [-0.2, 0) is 4.79 Å². The van der Waals surface area contributed by atoms with Crippen LogP contribution < -0.4 is 15.0 Å². The molecule has 1 atom stereocenters. The number of thiocarbonyl (C=S) groups is 1. The number of benzene rings is 3. The highest BCUT2D eigenvalue weighted by Gasteiger charge is 2.32. The molecule has 1 unspecified atom stereocenters. The molecule has 8 nitrogen and oxygen atoms in total. The van der Waals surface area contributed by atoms with E-state index in [-0.39, 0.29) is 23.6 Å². The van der Waals surface area contributed by atoms with Crippen molar-refractivity contribution in [2.24, 2.45) is 4.99 Å². The van der Waals surface area contributed by atoms with E-state index in [1.807, 2.05) is 50.3 Å². The first-order valence-electron chi connectivity index (χ1n) is 15.0. The lowest BCUT2D eigenvalue weighted by Gasteiger charge is -2.22. The summed E-state index contributed by atoms with van der Waals surface area (Å²) < 4.78 is 43.8. The monoisotopic (exact) mass is 756 g/mol. The lowest BCUT2D eigenvalue weighted by atomic mass is 9.99. The number of hydrogen-bond acceptors (Lipinski definition) is 6. The highest BCUT2D eigenvalue weighted by Crippen LogP contribution is 2.34. The highest BCUT2D eigenvalue weighted by atomic mass is 79.9. The highest BCUT2D eigenvalue weighted by molar-refractivity contribution is 9.11. The van der Waals surface area contributed by atoms with Crippen molar-refractivity contribution in [2.45, 2.75) is 52.4 Å². The van der Waals surface area contributed by atoms with Gasteiger partial charge in [-0.15, -0.1) is 18.3 Å². The van der Waals surface area contributed by atoms with Crippen LogP contribution in [0.1, 0.15) is 49.8 Å².